The van der Waals surface area contributed by atoms with Crippen molar-refractivity contribution in [3.63, 3.8) is 0 Å². The molecule has 0 unspecified atom stereocenters. The first-order valence-corrected chi connectivity index (χ1v) is 5.22. The molecule has 0 bridgehead atoms. The third-order valence-electron chi connectivity index (χ3n) is 2.05. The van der Waals surface area contributed by atoms with E-state index in [4.69, 9.17) is 4.74 Å². The van der Waals surface area contributed by atoms with Crippen molar-refractivity contribution in [1.82, 2.24) is 4.90 Å². The van der Waals surface area contributed by atoms with Gasteiger partial charge in [-0.2, -0.15) is 0 Å². The quantitative estimate of drug-likeness (QED) is 0.540. The third kappa shape index (κ3) is 4.75. The van der Waals surface area contributed by atoms with Crippen LogP contribution in [0.15, 0.2) is 30.3 Å². The smallest absolute Gasteiger partial charge is 0.142 e. The van der Waals surface area contributed by atoms with Crippen LogP contribution in [0.4, 0.5) is 0 Å². The highest BCUT2D eigenvalue weighted by Gasteiger charge is 1.94. The van der Waals surface area contributed by atoms with Crippen LogP contribution in [0.2, 0.25) is 0 Å². The minimum absolute atomic E-state index is 0.677. The molecule has 0 saturated heterocycles. The second-order valence-electron chi connectivity index (χ2n) is 3.72. The topological polar surface area (TPSA) is 29.5 Å². The molecular formula is C13H17NO2. The van der Waals surface area contributed by atoms with Crippen LogP contribution in [-0.4, -0.2) is 38.4 Å². The molecule has 0 N–H and O–H groups in total. The van der Waals surface area contributed by atoms with E-state index in [-0.39, 0.29) is 0 Å². The Morgan fingerprint density at radius 3 is 2.50 bits per heavy atom. The summed E-state index contributed by atoms with van der Waals surface area (Å²) >= 11 is 0. The number of ether oxygens (including phenoxy) is 1. The first-order valence-electron chi connectivity index (χ1n) is 5.22. The van der Waals surface area contributed by atoms with E-state index in [1.54, 1.807) is 6.08 Å². The first-order chi connectivity index (χ1) is 7.72. The molecule has 86 valence electrons. The summed E-state index contributed by atoms with van der Waals surface area (Å²) in [7, 11) is 4.02. The predicted octanol–water partition coefficient (Wildman–Crippen LogP) is 1.84. The lowest BCUT2D eigenvalue weighted by Gasteiger charge is -2.10. The number of carbonyl (C=O) groups excluding carboxylic acids is 1. The molecule has 0 aliphatic rings. The number of rotatable bonds is 6. The molecule has 1 rings (SSSR count). The molecule has 0 aliphatic carbocycles. The van der Waals surface area contributed by atoms with E-state index in [1.807, 2.05) is 38.4 Å². The number of benzene rings is 1. The number of carbonyl (C=O) groups is 1. The van der Waals surface area contributed by atoms with E-state index in [0.717, 1.165) is 24.1 Å². The van der Waals surface area contributed by atoms with Gasteiger partial charge in [-0.1, -0.05) is 18.2 Å². The van der Waals surface area contributed by atoms with Crippen LogP contribution in [-0.2, 0) is 4.79 Å². The highest BCUT2D eigenvalue weighted by Crippen LogP contribution is 2.12. The van der Waals surface area contributed by atoms with E-state index in [9.17, 15) is 4.79 Å². The Morgan fingerprint density at radius 2 is 1.94 bits per heavy atom. The number of allylic oxidation sites excluding steroid dienone is 1. The van der Waals surface area contributed by atoms with Crippen molar-refractivity contribution in [2.75, 3.05) is 27.2 Å². The zero-order chi connectivity index (χ0) is 11.8. The lowest BCUT2D eigenvalue weighted by Crippen LogP contribution is -2.19. The maximum absolute atomic E-state index is 10.1. The fourth-order valence-corrected chi connectivity index (χ4v) is 1.17. The molecule has 1 aromatic carbocycles. The molecule has 0 heterocycles. The summed E-state index contributed by atoms with van der Waals surface area (Å²) in [6, 6.07) is 7.65. The Hall–Kier alpha value is -1.61. The van der Waals surface area contributed by atoms with Crippen molar-refractivity contribution < 1.29 is 9.53 Å². The maximum Gasteiger partial charge on any atom is 0.142 e. The average molecular weight is 219 g/mol. The monoisotopic (exact) mass is 219 g/mol. The Morgan fingerprint density at radius 1 is 1.25 bits per heavy atom. The van der Waals surface area contributed by atoms with Gasteiger partial charge >= 0.3 is 0 Å². The van der Waals surface area contributed by atoms with Crippen molar-refractivity contribution in [2.45, 2.75) is 0 Å². The number of hydrogen-bond donors (Lipinski definition) is 0. The van der Waals surface area contributed by atoms with E-state index in [1.165, 1.54) is 6.08 Å². The summed E-state index contributed by atoms with van der Waals surface area (Å²) in [5, 5.41) is 0. The molecule has 0 radical (unpaired) electrons. The molecule has 0 fully saturated rings. The van der Waals surface area contributed by atoms with Crippen molar-refractivity contribution in [3.05, 3.63) is 35.9 Å². The van der Waals surface area contributed by atoms with Crippen LogP contribution < -0.4 is 4.74 Å². The summed E-state index contributed by atoms with van der Waals surface area (Å²) in [6.07, 6.45) is 4.00. The van der Waals surface area contributed by atoms with E-state index < -0.39 is 0 Å². The lowest BCUT2D eigenvalue weighted by atomic mass is 10.2. The molecule has 0 atom stereocenters. The van der Waals surface area contributed by atoms with Crippen LogP contribution >= 0.6 is 0 Å². The van der Waals surface area contributed by atoms with E-state index >= 15 is 0 Å². The highest BCUT2D eigenvalue weighted by molar-refractivity contribution is 5.73. The van der Waals surface area contributed by atoms with Crippen molar-refractivity contribution in [3.8, 4) is 5.75 Å². The van der Waals surface area contributed by atoms with Crippen LogP contribution in [0.5, 0.6) is 5.75 Å². The standard InChI is InChI=1S/C13H17NO2/c1-14(2)9-11-16-13-7-5-12(6-8-13)4-3-10-15/h3-8,10H,9,11H2,1-2H3/b4-3+. The van der Waals surface area contributed by atoms with Gasteiger partial charge in [0, 0.05) is 6.54 Å². The van der Waals surface area contributed by atoms with Crippen molar-refractivity contribution >= 4 is 12.4 Å². The lowest BCUT2D eigenvalue weighted by molar-refractivity contribution is -0.104. The summed E-state index contributed by atoms with van der Waals surface area (Å²) in [5.41, 5.74) is 0.993. The van der Waals surface area contributed by atoms with Gasteiger partial charge in [0.1, 0.15) is 18.6 Å². The fourth-order valence-electron chi connectivity index (χ4n) is 1.17. The normalized spacial score (nSPS) is 10.9. The van der Waals surface area contributed by atoms with Gasteiger partial charge in [-0.25, -0.2) is 0 Å². The number of nitrogens with zero attached hydrogens (tertiary/aromatic N) is 1. The van der Waals surface area contributed by atoms with Gasteiger partial charge in [0.05, 0.1) is 0 Å². The number of aldehydes is 1. The molecule has 3 heteroatoms. The molecule has 0 aliphatic heterocycles. The number of hydrogen-bond acceptors (Lipinski definition) is 3. The minimum Gasteiger partial charge on any atom is -0.492 e. The molecule has 16 heavy (non-hydrogen) atoms. The largest absolute Gasteiger partial charge is 0.492 e. The Balaban J connectivity index is 2.45. The van der Waals surface area contributed by atoms with Crippen LogP contribution in [0.25, 0.3) is 6.08 Å². The second kappa shape index (κ2) is 6.80. The van der Waals surface area contributed by atoms with Gasteiger partial charge in [0.25, 0.3) is 0 Å². The zero-order valence-electron chi connectivity index (χ0n) is 9.72. The summed E-state index contributed by atoms with van der Waals surface area (Å²) < 4.78 is 5.54. The average Bonchev–Trinajstić information content (AvgIpc) is 2.27. The van der Waals surface area contributed by atoms with Gasteiger partial charge in [-0.05, 0) is 37.9 Å². The van der Waals surface area contributed by atoms with Gasteiger partial charge < -0.3 is 9.64 Å². The van der Waals surface area contributed by atoms with Gasteiger partial charge in [0.15, 0.2) is 0 Å². The Bertz CT molecular complexity index is 341. The van der Waals surface area contributed by atoms with Gasteiger partial charge in [-0.3, -0.25) is 4.79 Å². The molecule has 0 amide bonds. The SMILES string of the molecule is CN(C)CCOc1ccc(/C=C/C=O)cc1. The summed E-state index contributed by atoms with van der Waals surface area (Å²) in [5.74, 6) is 0.852. The fraction of sp³-hybridized carbons (Fsp3) is 0.308. The third-order valence-corrected chi connectivity index (χ3v) is 2.05. The van der Waals surface area contributed by atoms with Crippen LogP contribution in [0, 0.1) is 0 Å². The summed E-state index contributed by atoms with van der Waals surface area (Å²) in [6.45, 7) is 1.57. The molecule has 1 aromatic rings. The molecule has 0 spiro atoms. The van der Waals surface area contributed by atoms with Crippen molar-refractivity contribution in [2.24, 2.45) is 0 Å². The Kier molecular flexibility index (Phi) is 5.29. The maximum atomic E-state index is 10.1. The van der Waals surface area contributed by atoms with Crippen LogP contribution in [0.1, 0.15) is 5.56 Å². The van der Waals surface area contributed by atoms with Gasteiger partial charge in [0.2, 0.25) is 0 Å². The number of likely N-dealkylation sites (N-methyl/N-ethyl adjacent to an activating group) is 1. The zero-order valence-corrected chi connectivity index (χ0v) is 9.72. The molecular weight excluding hydrogens is 202 g/mol. The van der Waals surface area contributed by atoms with Crippen molar-refractivity contribution in [1.29, 1.82) is 0 Å². The second-order valence-corrected chi connectivity index (χ2v) is 3.72. The first kappa shape index (κ1) is 12.5. The van der Waals surface area contributed by atoms with Crippen LogP contribution in [0.3, 0.4) is 0 Å². The molecule has 0 aromatic heterocycles. The molecule has 3 nitrogen and oxygen atoms in total. The highest BCUT2D eigenvalue weighted by atomic mass is 16.5. The van der Waals surface area contributed by atoms with Gasteiger partial charge in [-0.15, -0.1) is 0 Å². The minimum atomic E-state index is 0.677. The van der Waals surface area contributed by atoms with E-state index in [2.05, 4.69) is 4.90 Å². The molecule has 0 saturated carbocycles. The predicted molar refractivity (Wildman–Crippen MR) is 65.6 cm³/mol. The van der Waals surface area contributed by atoms with E-state index in [0.29, 0.717) is 6.61 Å². The summed E-state index contributed by atoms with van der Waals surface area (Å²) in [4.78, 5) is 12.2. The Labute approximate surface area is 96.3 Å².